The second-order valence-electron chi connectivity index (χ2n) is 7.30. The van der Waals surface area contributed by atoms with E-state index in [-0.39, 0.29) is 11.5 Å². The highest BCUT2D eigenvalue weighted by atomic mass is 32.2. The molecule has 0 aliphatic carbocycles. The van der Waals surface area contributed by atoms with Crippen LogP contribution in [0.4, 0.5) is 0 Å². The third-order valence-electron chi connectivity index (χ3n) is 4.18. The van der Waals surface area contributed by atoms with Crippen LogP contribution in [-0.2, 0) is 17.1 Å². The van der Waals surface area contributed by atoms with Crippen LogP contribution in [0.5, 0.6) is 0 Å². The zero-order chi connectivity index (χ0) is 16.0. The highest BCUT2D eigenvalue weighted by Crippen LogP contribution is 2.35. The molecule has 5 nitrogen and oxygen atoms in total. The molecule has 1 aromatic heterocycles. The Labute approximate surface area is 128 Å². The summed E-state index contributed by atoms with van der Waals surface area (Å²) in [4.78, 5) is 0.394. The van der Waals surface area contributed by atoms with Gasteiger partial charge in [-0.1, -0.05) is 20.8 Å². The van der Waals surface area contributed by atoms with E-state index in [2.05, 4.69) is 25.9 Å². The minimum atomic E-state index is -3.45. The average Bonchev–Trinajstić information content (AvgIpc) is 2.83. The van der Waals surface area contributed by atoms with Crippen molar-refractivity contribution in [2.75, 3.05) is 6.54 Å². The van der Waals surface area contributed by atoms with Gasteiger partial charge in [-0.05, 0) is 38.5 Å². The maximum Gasteiger partial charge on any atom is 0.246 e. The monoisotopic (exact) mass is 313 g/mol. The molecular formula is C15H27N3O2S. The van der Waals surface area contributed by atoms with Gasteiger partial charge in [0.1, 0.15) is 4.90 Å². The zero-order valence-corrected chi connectivity index (χ0v) is 14.8. The molecule has 1 fully saturated rings. The molecule has 0 aromatic carbocycles. The summed E-state index contributed by atoms with van der Waals surface area (Å²) in [6, 6.07) is 0.106. The lowest BCUT2D eigenvalue weighted by molar-refractivity contribution is 0.267. The second kappa shape index (κ2) is 5.39. The fourth-order valence-corrected chi connectivity index (χ4v) is 5.38. The highest BCUT2D eigenvalue weighted by molar-refractivity contribution is 7.89. The van der Waals surface area contributed by atoms with E-state index in [1.54, 1.807) is 23.0 Å². The van der Waals surface area contributed by atoms with Gasteiger partial charge >= 0.3 is 0 Å². The van der Waals surface area contributed by atoms with Crippen molar-refractivity contribution in [2.24, 2.45) is 12.5 Å². The van der Waals surface area contributed by atoms with Crippen LogP contribution in [0.3, 0.4) is 0 Å². The van der Waals surface area contributed by atoms with E-state index in [4.69, 9.17) is 0 Å². The molecule has 2 heterocycles. The number of aromatic nitrogens is 2. The first-order chi connectivity index (χ1) is 9.54. The molecule has 0 N–H and O–H groups in total. The predicted molar refractivity (Wildman–Crippen MR) is 83.7 cm³/mol. The maximum atomic E-state index is 13.1. The molecule has 21 heavy (non-hydrogen) atoms. The number of sulfonamides is 1. The fraction of sp³-hybridized carbons (Fsp3) is 0.800. The van der Waals surface area contributed by atoms with Gasteiger partial charge in [-0.15, -0.1) is 0 Å². The number of rotatable bonds is 3. The Morgan fingerprint density at radius 1 is 1.29 bits per heavy atom. The Bertz CT molecular complexity index is 626. The van der Waals surface area contributed by atoms with Crippen LogP contribution in [0.2, 0.25) is 0 Å². The van der Waals surface area contributed by atoms with Crippen LogP contribution < -0.4 is 0 Å². The van der Waals surface area contributed by atoms with Gasteiger partial charge in [0, 0.05) is 19.6 Å². The summed E-state index contributed by atoms with van der Waals surface area (Å²) in [7, 11) is -1.66. The van der Waals surface area contributed by atoms with Crippen LogP contribution in [0, 0.1) is 19.3 Å². The van der Waals surface area contributed by atoms with Gasteiger partial charge in [0.15, 0.2) is 0 Å². The third kappa shape index (κ3) is 3.16. The molecule has 1 aromatic rings. The Hall–Kier alpha value is -0.880. The maximum absolute atomic E-state index is 13.1. The summed E-state index contributed by atoms with van der Waals surface area (Å²) in [6.45, 7) is 10.7. The van der Waals surface area contributed by atoms with Crippen LogP contribution >= 0.6 is 0 Å². The molecule has 120 valence electrons. The molecule has 0 bridgehead atoms. The first-order valence-corrected chi connectivity index (χ1v) is 9.00. The fourth-order valence-electron chi connectivity index (χ4n) is 3.28. The van der Waals surface area contributed by atoms with E-state index in [0.717, 1.165) is 19.3 Å². The molecule has 2 rings (SSSR count). The molecule has 1 aliphatic heterocycles. The molecule has 0 amide bonds. The van der Waals surface area contributed by atoms with Crippen molar-refractivity contribution >= 4 is 10.0 Å². The Balaban J connectivity index is 2.39. The summed E-state index contributed by atoms with van der Waals surface area (Å²) >= 11 is 0. The summed E-state index contributed by atoms with van der Waals surface area (Å²) < 4.78 is 29.5. The van der Waals surface area contributed by atoms with Gasteiger partial charge in [-0.2, -0.15) is 9.40 Å². The lowest BCUT2D eigenvalue weighted by atomic mass is 9.88. The van der Waals surface area contributed by atoms with Gasteiger partial charge in [0.25, 0.3) is 0 Å². The lowest BCUT2D eigenvalue weighted by Crippen LogP contribution is -2.38. The van der Waals surface area contributed by atoms with Crippen molar-refractivity contribution in [3.8, 4) is 0 Å². The molecule has 1 unspecified atom stereocenters. The van der Waals surface area contributed by atoms with Crippen molar-refractivity contribution < 1.29 is 8.42 Å². The molecule has 1 atom stereocenters. The molecule has 1 aliphatic rings. The first-order valence-electron chi connectivity index (χ1n) is 7.56. The van der Waals surface area contributed by atoms with Gasteiger partial charge in [0.05, 0.1) is 11.4 Å². The predicted octanol–water partition coefficient (Wildman–Crippen LogP) is 2.63. The summed E-state index contributed by atoms with van der Waals surface area (Å²) in [5.41, 5.74) is 1.44. The molecule has 1 saturated heterocycles. The highest BCUT2D eigenvalue weighted by Gasteiger charge is 2.39. The van der Waals surface area contributed by atoms with E-state index in [9.17, 15) is 8.42 Å². The third-order valence-corrected chi connectivity index (χ3v) is 6.39. The molecule has 0 spiro atoms. The Kier molecular flexibility index (Phi) is 4.23. The Morgan fingerprint density at radius 3 is 2.38 bits per heavy atom. The number of hydrogen-bond donors (Lipinski definition) is 0. The number of hydrogen-bond acceptors (Lipinski definition) is 3. The number of aryl methyl sites for hydroxylation is 2. The summed E-state index contributed by atoms with van der Waals surface area (Å²) in [5, 5.41) is 4.26. The van der Waals surface area contributed by atoms with Gasteiger partial charge < -0.3 is 0 Å². The lowest BCUT2D eigenvalue weighted by Gasteiger charge is -2.29. The van der Waals surface area contributed by atoms with Crippen molar-refractivity contribution in [3.63, 3.8) is 0 Å². The van der Waals surface area contributed by atoms with Crippen LogP contribution in [0.25, 0.3) is 0 Å². The molecule has 0 radical (unpaired) electrons. The summed E-state index contributed by atoms with van der Waals surface area (Å²) in [5.74, 6) is 0. The van der Waals surface area contributed by atoms with Crippen LogP contribution in [-0.4, -0.2) is 35.1 Å². The second-order valence-corrected chi connectivity index (χ2v) is 9.13. The normalized spacial score (nSPS) is 21.1. The summed E-state index contributed by atoms with van der Waals surface area (Å²) in [6.07, 6.45) is 2.79. The smallest absolute Gasteiger partial charge is 0.246 e. The quantitative estimate of drug-likeness (QED) is 0.862. The molecule has 0 saturated carbocycles. The Morgan fingerprint density at radius 2 is 1.90 bits per heavy atom. The van der Waals surface area contributed by atoms with E-state index in [0.29, 0.717) is 22.8 Å². The number of nitrogens with zero attached hydrogens (tertiary/aromatic N) is 3. The van der Waals surface area contributed by atoms with Crippen LogP contribution in [0.15, 0.2) is 4.90 Å². The van der Waals surface area contributed by atoms with Crippen molar-refractivity contribution in [1.29, 1.82) is 0 Å². The van der Waals surface area contributed by atoms with Crippen molar-refractivity contribution in [2.45, 2.75) is 64.8 Å². The van der Waals surface area contributed by atoms with E-state index in [1.807, 2.05) is 6.92 Å². The van der Waals surface area contributed by atoms with E-state index >= 15 is 0 Å². The first kappa shape index (κ1) is 16.5. The van der Waals surface area contributed by atoms with E-state index < -0.39 is 10.0 Å². The van der Waals surface area contributed by atoms with Gasteiger partial charge in [0.2, 0.25) is 10.0 Å². The SMILES string of the molecule is Cc1nn(C)c(C)c1S(=O)(=O)N1CCCC1CC(C)(C)C. The largest absolute Gasteiger partial charge is 0.271 e. The standard InChI is InChI=1S/C15H27N3O2S/c1-11-14(12(2)17(6)16-11)21(19,20)18-9-7-8-13(18)10-15(3,4)5/h13H,7-10H2,1-6H3. The minimum absolute atomic E-state index is 0.106. The van der Waals surface area contributed by atoms with Gasteiger partial charge in [-0.25, -0.2) is 8.42 Å². The van der Waals surface area contributed by atoms with Gasteiger partial charge in [-0.3, -0.25) is 4.68 Å². The van der Waals surface area contributed by atoms with Crippen LogP contribution in [0.1, 0.15) is 51.4 Å². The van der Waals surface area contributed by atoms with Crippen molar-refractivity contribution in [3.05, 3.63) is 11.4 Å². The topological polar surface area (TPSA) is 55.2 Å². The molecule has 6 heteroatoms. The van der Waals surface area contributed by atoms with Crippen molar-refractivity contribution in [1.82, 2.24) is 14.1 Å². The zero-order valence-electron chi connectivity index (χ0n) is 14.0. The average molecular weight is 313 g/mol. The molecular weight excluding hydrogens is 286 g/mol. The minimum Gasteiger partial charge on any atom is -0.271 e. The van der Waals surface area contributed by atoms with E-state index in [1.165, 1.54) is 0 Å².